The number of ether oxygens (including phenoxy) is 1. The minimum absolute atomic E-state index is 0.00112. The zero-order valence-corrected chi connectivity index (χ0v) is 9.68. The molecule has 1 saturated heterocycles. The molecule has 1 heterocycles. The van der Waals surface area contributed by atoms with Gasteiger partial charge in [-0.2, -0.15) is 0 Å². The van der Waals surface area contributed by atoms with E-state index in [0.717, 1.165) is 0 Å². The maximum atomic E-state index is 11.8. The van der Waals surface area contributed by atoms with Gasteiger partial charge in [0.15, 0.2) is 0 Å². The third kappa shape index (κ3) is 3.65. The van der Waals surface area contributed by atoms with Crippen molar-refractivity contribution in [2.24, 2.45) is 5.92 Å². The van der Waals surface area contributed by atoms with Crippen molar-refractivity contribution in [2.45, 2.75) is 18.5 Å². The van der Waals surface area contributed by atoms with Gasteiger partial charge in [-0.1, -0.05) is 0 Å². The number of rotatable bonds is 6. The summed E-state index contributed by atoms with van der Waals surface area (Å²) < 4.78 is 5.16. The lowest BCUT2D eigenvalue weighted by molar-refractivity contribution is -0.143. The molecule has 2 unspecified atom stereocenters. The lowest BCUT2D eigenvalue weighted by Crippen LogP contribution is -2.48. The number of likely N-dealkylation sites (N-methyl/N-ethyl adjacent to an activating group) is 1. The van der Waals surface area contributed by atoms with Crippen LogP contribution in [0.4, 0.5) is 0 Å². The number of nitrogens with one attached hydrogen (secondary N) is 2. The number of aliphatic hydroxyl groups excluding tert-OH is 1. The van der Waals surface area contributed by atoms with Gasteiger partial charge >= 0.3 is 5.97 Å². The third-order valence-corrected chi connectivity index (χ3v) is 2.82. The molecule has 7 nitrogen and oxygen atoms in total. The molecule has 0 aromatic rings. The Morgan fingerprint density at radius 1 is 1.47 bits per heavy atom. The number of amides is 1. The van der Waals surface area contributed by atoms with Crippen molar-refractivity contribution in [2.75, 3.05) is 26.9 Å². The smallest absolute Gasteiger partial charge is 0.326 e. The Morgan fingerprint density at radius 3 is 2.71 bits per heavy atom. The third-order valence-electron chi connectivity index (χ3n) is 2.82. The number of carbonyl (C=O) groups excluding carboxylic acids is 1. The summed E-state index contributed by atoms with van der Waals surface area (Å²) in [6.45, 7) is 0.434. The van der Waals surface area contributed by atoms with E-state index in [1.165, 1.54) is 0 Å². The van der Waals surface area contributed by atoms with Crippen molar-refractivity contribution in [3.8, 4) is 0 Å². The van der Waals surface area contributed by atoms with Crippen LogP contribution in [-0.4, -0.2) is 61.0 Å². The largest absolute Gasteiger partial charge is 0.480 e. The predicted octanol–water partition coefficient (Wildman–Crippen LogP) is -1.83. The Hall–Kier alpha value is -1.18. The van der Waals surface area contributed by atoms with E-state index >= 15 is 0 Å². The van der Waals surface area contributed by atoms with E-state index < -0.39 is 12.0 Å². The van der Waals surface area contributed by atoms with Gasteiger partial charge in [-0.15, -0.1) is 0 Å². The highest BCUT2D eigenvalue weighted by Crippen LogP contribution is 2.13. The second-order valence-electron chi connectivity index (χ2n) is 3.95. The topological polar surface area (TPSA) is 108 Å². The van der Waals surface area contributed by atoms with E-state index in [1.807, 2.05) is 0 Å². The summed E-state index contributed by atoms with van der Waals surface area (Å²) in [6.07, 6.45) is -0.00112. The van der Waals surface area contributed by atoms with E-state index in [0.29, 0.717) is 6.61 Å². The molecular formula is C10H18N2O5. The lowest BCUT2D eigenvalue weighted by atomic mass is 10.0. The van der Waals surface area contributed by atoms with Crippen LogP contribution in [-0.2, 0) is 14.3 Å². The van der Waals surface area contributed by atoms with Gasteiger partial charge < -0.3 is 25.6 Å². The molecule has 0 aliphatic carbocycles. The molecule has 0 saturated carbocycles. The van der Waals surface area contributed by atoms with Gasteiger partial charge in [0.05, 0.1) is 19.1 Å². The van der Waals surface area contributed by atoms with Gasteiger partial charge in [-0.3, -0.25) is 4.79 Å². The summed E-state index contributed by atoms with van der Waals surface area (Å²) >= 11 is 0. The quantitative estimate of drug-likeness (QED) is 0.439. The van der Waals surface area contributed by atoms with Crippen molar-refractivity contribution < 1.29 is 24.5 Å². The van der Waals surface area contributed by atoms with Gasteiger partial charge in [0, 0.05) is 19.1 Å². The van der Waals surface area contributed by atoms with Crippen LogP contribution in [0.2, 0.25) is 0 Å². The van der Waals surface area contributed by atoms with E-state index in [4.69, 9.17) is 14.9 Å². The van der Waals surface area contributed by atoms with Crippen LogP contribution in [0.15, 0.2) is 0 Å². The summed E-state index contributed by atoms with van der Waals surface area (Å²) in [6, 6.07) is -1.15. The normalized spacial score (nSPS) is 25.5. The maximum Gasteiger partial charge on any atom is 0.326 e. The van der Waals surface area contributed by atoms with Crippen LogP contribution in [0, 0.1) is 5.92 Å². The molecule has 0 bridgehead atoms. The first-order valence-corrected chi connectivity index (χ1v) is 5.49. The van der Waals surface area contributed by atoms with Crippen LogP contribution in [0.25, 0.3) is 0 Å². The van der Waals surface area contributed by atoms with Crippen molar-refractivity contribution >= 4 is 11.9 Å². The van der Waals surface area contributed by atoms with E-state index in [1.54, 1.807) is 7.05 Å². The molecule has 1 amide bonds. The average molecular weight is 246 g/mol. The monoisotopic (exact) mass is 246 g/mol. The summed E-state index contributed by atoms with van der Waals surface area (Å²) in [7, 11) is 1.72. The number of carbonyl (C=O) groups is 2. The molecule has 0 aromatic heterocycles. The molecule has 0 radical (unpaired) electrons. The van der Waals surface area contributed by atoms with Gasteiger partial charge in [0.25, 0.3) is 0 Å². The molecule has 0 spiro atoms. The molecule has 1 rings (SSSR count). The first kappa shape index (κ1) is 13.9. The molecule has 7 heteroatoms. The Labute approximate surface area is 99.1 Å². The Kier molecular flexibility index (Phi) is 5.33. The molecule has 1 aliphatic rings. The fourth-order valence-electron chi connectivity index (χ4n) is 1.76. The van der Waals surface area contributed by atoms with Gasteiger partial charge in [0.2, 0.25) is 5.91 Å². The lowest BCUT2D eigenvalue weighted by Gasteiger charge is -2.19. The van der Waals surface area contributed by atoms with Crippen molar-refractivity contribution in [1.29, 1.82) is 0 Å². The van der Waals surface area contributed by atoms with Gasteiger partial charge in [-0.05, 0) is 7.05 Å². The molecule has 98 valence electrons. The predicted molar refractivity (Wildman–Crippen MR) is 58.4 cm³/mol. The minimum atomic E-state index is -1.15. The van der Waals surface area contributed by atoms with Gasteiger partial charge in [-0.25, -0.2) is 4.79 Å². The summed E-state index contributed by atoms with van der Waals surface area (Å²) in [5.74, 6) is -1.89. The van der Waals surface area contributed by atoms with Crippen molar-refractivity contribution in [1.82, 2.24) is 10.6 Å². The van der Waals surface area contributed by atoms with Crippen LogP contribution in [0.3, 0.4) is 0 Å². The Balaban J connectivity index is 2.54. The van der Waals surface area contributed by atoms with Gasteiger partial charge in [0.1, 0.15) is 6.04 Å². The second kappa shape index (κ2) is 6.53. The van der Waals surface area contributed by atoms with Crippen molar-refractivity contribution in [3.63, 3.8) is 0 Å². The maximum absolute atomic E-state index is 11.8. The van der Waals surface area contributed by atoms with Crippen LogP contribution >= 0.6 is 0 Å². The molecule has 3 atom stereocenters. The highest BCUT2D eigenvalue weighted by atomic mass is 16.5. The average Bonchev–Trinajstić information content (AvgIpc) is 2.76. The molecule has 1 aliphatic heterocycles. The zero-order valence-electron chi connectivity index (χ0n) is 9.68. The zero-order chi connectivity index (χ0) is 12.8. The van der Waals surface area contributed by atoms with Crippen LogP contribution in [0.1, 0.15) is 6.42 Å². The molecule has 4 N–H and O–H groups in total. The minimum Gasteiger partial charge on any atom is -0.480 e. The summed E-state index contributed by atoms with van der Waals surface area (Å²) in [5, 5.41) is 22.9. The number of aliphatic hydroxyl groups is 1. The highest BCUT2D eigenvalue weighted by Gasteiger charge is 2.34. The van der Waals surface area contributed by atoms with E-state index in [-0.39, 0.29) is 37.5 Å². The number of carboxylic acids is 1. The number of hydrogen-bond acceptors (Lipinski definition) is 5. The van der Waals surface area contributed by atoms with Crippen LogP contribution in [0.5, 0.6) is 0 Å². The number of carboxylic acid groups (broad SMARTS) is 1. The Morgan fingerprint density at radius 2 is 2.18 bits per heavy atom. The van der Waals surface area contributed by atoms with E-state index in [2.05, 4.69) is 10.6 Å². The number of aliphatic carboxylic acids is 1. The van der Waals surface area contributed by atoms with Crippen molar-refractivity contribution in [3.05, 3.63) is 0 Å². The first-order valence-electron chi connectivity index (χ1n) is 5.49. The summed E-state index contributed by atoms with van der Waals surface area (Å²) in [5.41, 5.74) is 0. The fraction of sp³-hybridized carbons (Fsp3) is 0.800. The SMILES string of the molecule is CNC1COCC1C(=O)N[C@H](CCO)C(=O)O. The standard InChI is InChI=1S/C10H18N2O5/c1-11-8-5-17-4-6(8)9(14)12-7(2-3-13)10(15)16/h6-8,11,13H,2-5H2,1H3,(H,12,14)(H,15,16)/t6?,7-,8?/m1/s1. The fourth-order valence-corrected chi connectivity index (χ4v) is 1.76. The molecule has 17 heavy (non-hydrogen) atoms. The van der Waals surface area contributed by atoms with Crippen LogP contribution < -0.4 is 10.6 Å². The highest BCUT2D eigenvalue weighted by molar-refractivity contribution is 5.85. The van der Waals surface area contributed by atoms with E-state index in [9.17, 15) is 9.59 Å². The first-order chi connectivity index (χ1) is 8.10. The second-order valence-corrected chi connectivity index (χ2v) is 3.95. The molecular weight excluding hydrogens is 228 g/mol. The molecule has 1 fully saturated rings. The molecule has 0 aromatic carbocycles. The Bertz CT molecular complexity index is 284. The number of hydrogen-bond donors (Lipinski definition) is 4. The summed E-state index contributed by atoms with van der Waals surface area (Å²) in [4.78, 5) is 22.6.